The van der Waals surface area contributed by atoms with Crippen molar-refractivity contribution in [3.8, 4) is 17.3 Å². The van der Waals surface area contributed by atoms with Crippen molar-refractivity contribution in [3.05, 3.63) is 75.7 Å². The number of allylic oxidation sites excluding steroid dienone is 1. The molecule has 146 valence electrons. The van der Waals surface area contributed by atoms with Gasteiger partial charge in [-0.1, -0.05) is 12.1 Å². The zero-order valence-corrected chi connectivity index (χ0v) is 17.3. The molecule has 0 spiro atoms. The lowest BCUT2D eigenvalue weighted by Crippen LogP contribution is -2.04. The van der Waals surface area contributed by atoms with Crippen LogP contribution in [0, 0.1) is 25.2 Å². The Morgan fingerprint density at radius 3 is 2.62 bits per heavy atom. The van der Waals surface area contributed by atoms with E-state index in [2.05, 4.69) is 42.4 Å². The van der Waals surface area contributed by atoms with E-state index in [1.54, 1.807) is 37.4 Å². The minimum Gasteiger partial charge on any atom is -0.462 e. The molecule has 2 aromatic carbocycles. The summed E-state index contributed by atoms with van der Waals surface area (Å²) in [5.41, 5.74) is 6.03. The number of ether oxygens (including phenoxy) is 1. The summed E-state index contributed by atoms with van der Waals surface area (Å²) < 4.78 is 4.97. The van der Waals surface area contributed by atoms with Crippen LogP contribution in [-0.4, -0.2) is 17.6 Å². The lowest BCUT2D eigenvalue weighted by molar-refractivity contribution is 0.0526. The number of thiazole rings is 1. The van der Waals surface area contributed by atoms with Gasteiger partial charge in [-0.25, -0.2) is 9.78 Å². The second-order valence-electron chi connectivity index (χ2n) is 6.45. The number of nitrogens with one attached hydrogen (secondary N) is 1. The molecule has 3 rings (SSSR count). The smallest absolute Gasteiger partial charge is 0.338 e. The van der Waals surface area contributed by atoms with Crippen LogP contribution < -0.4 is 5.32 Å². The number of hydrogen-bond donors (Lipinski definition) is 1. The van der Waals surface area contributed by atoms with Crippen molar-refractivity contribution in [2.45, 2.75) is 20.8 Å². The van der Waals surface area contributed by atoms with E-state index in [0.717, 1.165) is 16.9 Å². The standard InChI is InChI=1S/C23H21N3O2S/c1-4-28-23(27)17-7-9-20(10-8-17)25-13-19(12-24)22-26-21(14-29-22)18-6-5-15(2)16(3)11-18/h5-11,13-14,25H,4H2,1-3H3. The van der Waals surface area contributed by atoms with E-state index in [9.17, 15) is 10.1 Å². The Bertz CT molecular complexity index is 1090. The second-order valence-corrected chi connectivity index (χ2v) is 7.31. The number of nitriles is 1. The van der Waals surface area contributed by atoms with Crippen LogP contribution in [0.15, 0.2) is 54.0 Å². The molecule has 0 unspecified atom stereocenters. The van der Waals surface area contributed by atoms with Crippen molar-refractivity contribution < 1.29 is 9.53 Å². The Morgan fingerprint density at radius 1 is 1.21 bits per heavy atom. The monoisotopic (exact) mass is 403 g/mol. The fourth-order valence-corrected chi connectivity index (χ4v) is 3.44. The molecule has 6 heteroatoms. The van der Waals surface area contributed by atoms with Gasteiger partial charge in [-0.05, 0) is 62.2 Å². The average molecular weight is 404 g/mol. The molecule has 0 amide bonds. The van der Waals surface area contributed by atoms with Gasteiger partial charge in [0.15, 0.2) is 0 Å². The SMILES string of the molecule is CCOC(=O)c1ccc(NC=C(C#N)c2nc(-c3ccc(C)c(C)c3)cs2)cc1. The van der Waals surface area contributed by atoms with Crippen LogP contribution in [0.2, 0.25) is 0 Å². The molecule has 0 saturated carbocycles. The normalized spacial score (nSPS) is 11.0. The summed E-state index contributed by atoms with van der Waals surface area (Å²) in [5.74, 6) is -0.353. The first kappa shape index (κ1) is 20.3. The number of hydrogen-bond acceptors (Lipinski definition) is 6. The van der Waals surface area contributed by atoms with E-state index < -0.39 is 0 Å². The molecule has 1 N–H and O–H groups in total. The Balaban J connectivity index is 1.75. The summed E-state index contributed by atoms with van der Waals surface area (Å²) in [5, 5.41) is 15.2. The number of anilines is 1. The number of aryl methyl sites for hydroxylation is 2. The van der Waals surface area contributed by atoms with E-state index in [4.69, 9.17) is 4.74 Å². The predicted octanol–water partition coefficient (Wildman–Crippen LogP) is 5.58. The molecule has 1 aromatic heterocycles. The molecule has 0 fully saturated rings. The third kappa shape index (κ3) is 4.89. The minimum absolute atomic E-state index is 0.338. The summed E-state index contributed by atoms with van der Waals surface area (Å²) in [4.78, 5) is 16.3. The zero-order valence-electron chi connectivity index (χ0n) is 16.5. The van der Waals surface area contributed by atoms with Crippen molar-refractivity contribution in [2.75, 3.05) is 11.9 Å². The minimum atomic E-state index is -0.353. The fraction of sp³-hybridized carbons (Fsp3) is 0.174. The van der Waals surface area contributed by atoms with Crippen LogP contribution in [0.25, 0.3) is 16.8 Å². The van der Waals surface area contributed by atoms with Crippen molar-refractivity contribution in [1.82, 2.24) is 4.98 Å². The highest BCUT2D eigenvalue weighted by Crippen LogP contribution is 2.27. The molecular formula is C23H21N3O2S. The molecule has 0 aliphatic heterocycles. The fourth-order valence-electron chi connectivity index (χ4n) is 2.65. The molecule has 0 aliphatic carbocycles. The number of rotatable bonds is 6. The molecule has 0 atom stereocenters. The second kappa shape index (κ2) is 9.18. The summed E-state index contributed by atoms with van der Waals surface area (Å²) in [6.07, 6.45) is 1.63. The summed E-state index contributed by atoms with van der Waals surface area (Å²) in [6.45, 7) is 6.26. The molecule has 0 bridgehead atoms. The predicted molar refractivity (Wildman–Crippen MR) is 117 cm³/mol. The van der Waals surface area contributed by atoms with E-state index in [1.807, 2.05) is 11.4 Å². The third-order valence-corrected chi connectivity index (χ3v) is 5.31. The number of nitrogens with zero attached hydrogens (tertiary/aromatic N) is 2. The van der Waals surface area contributed by atoms with Gasteiger partial charge in [-0.15, -0.1) is 11.3 Å². The topological polar surface area (TPSA) is 75.0 Å². The molecule has 0 aliphatic rings. The highest BCUT2D eigenvalue weighted by Gasteiger charge is 2.10. The van der Waals surface area contributed by atoms with Gasteiger partial charge >= 0.3 is 5.97 Å². The van der Waals surface area contributed by atoms with Crippen LogP contribution in [-0.2, 0) is 4.74 Å². The Hall–Kier alpha value is -3.43. The van der Waals surface area contributed by atoms with Gasteiger partial charge in [0, 0.05) is 22.8 Å². The molecule has 3 aromatic rings. The lowest BCUT2D eigenvalue weighted by Gasteiger charge is -2.04. The largest absolute Gasteiger partial charge is 0.462 e. The maximum atomic E-state index is 11.7. The highest BCUT2D eigenvalue weighted by molar-refractivity contribution is 7.11. The van der Waals surface area contributed by atoms with Crippen molar-refractivity contribution in [3.63, 3.8) is 0 Å². The van der Waals surface area contributed by atoms with Crippen LogP contribution >= 0.6 is 11.3 Å². The number of carbonyl (C=O) groups is 1. The summed E-state index contributed by atoms with van der Waals surface area (Å²) in [6, 6.07) is 15.3. The van der Waals surface area contributed by atoms with Gasteiger partial charge in [-0.2, -0.15) is 5.26 Å². The first-order chi connectivity index (χ1) is 14.0. The Labute approximate surface area is 174 Å². The highest BCUT2D eigenvalue weighted by atomic mass is 32.1. The molecule has 29 heavy (non-hydrogen) atoms. The third-order valence-electron chi connectivity index (χ3n) is 4.44. The van der Waals surface area contributed by atoms with E-state index >= 15 is 0 Å². The maximum Gasteiger partial charge on any atom is 0.338 e. The average Bonchev–Trinajstić information content (AvgIpc) is 3.21. The first-order valence-electron chi connectivity index (χ1n) is 9.19. The van der Waals surface area contributed by atoms with Crippen molar-refractivity contribution in [1.29, 1.82) is 5.26 Å². The number of aromatic nitrogens is 1. The zero-order chi connectivity index (χ0) is 20.8. The molecular weight excluding hydrogens is 382 g/mol. The van der Waals surface area contributed by atoms with Gasteiger partial charge in [0.2, 0.25) is 0 Å². The molecule has 5 nitrogen and oxygen atoms in total. The number of esters is 1. The van der Waals surface area contributed by atoms with Gasteiger partial charge in [0.05, 0.1) is 17.9 Å². The van der Waals surface area contributed by atoms with Crippen LogP contribution in [0.4, 0.5) is 5.69 Å². The van der Waals surface area contributed by atoms with Gasteiger partial charge in [-0.3, -0.25) is 0 Å². The van der Waals surface area contributed by atoms with Crippen molar-refractivity contribution in [2.24, 2.45) is 0 Å². The molecule has 1 heterocycles. The quantitative estimate of drug-likeness (QED) is 0.429. The van der Waals surface area contributed by atoms with Gasteiger partial charge in [0.25, 0.3) is 0 Å². The summed E-state index contributed by atoms with van der Waals surface area (Å²) >= 11 is 1.43. The van der Waals surface area contributed by atoms with Crippen LogP contribution in [0.1, 0.15) is 33.4 Å². The van der Waals surface area contributed by atoms with Crippen molar-refractivity contribution >= 4 is 28.6 Å². The first-order valence-corrected chi connectivity index (χ1v) is 10.1. The van der Waals surface area contributed by atoms with Gasteiger partial charge in [0.1, 0.15) is 16.6 Å². The van der Waals surface area contributed by atoms with Gasteiger partial charge < -0.3 is 10.1 Å². The van der Waals surface area contributed by atoms with E-state index in [0.29, 0.717) is 22.8 Å². The number of carbonyl (C=O) groups excluding carboxylic acids is 1. The molecule has 0 radical (unpaired) electrons. The lowest BCUT2D eigenvalue weighted by atomic mass is 10.1. The Kier molecular flexibility index (Phi) is 6.43. The van der Waals surface area contributed by atoms with E-state index in [1.165, 1.54) is 22.5 Å². The molecule has 0 saturated heterocycles. The van der Waals surface area contributed by atoms with E-state index in [-0.39, 0.29) is 5.97 Å². The maximum absolute atomic E-state index is 11.7. The Morgan fingerprint density at radius 2 is 1.97 bits per heavy atom. The summed E-state index contributed by atoms with van der Waals surface area (Å²) in [7, 11) is 0. The van der Waals surface area contributed by atoms with Crippen LogP contribution in [0.3, 0.4) is 0 Å². The number of benzene rings is 2. The van der Waals surface area contributed by atoms with Crippen LogP contribution in [0.5, 0.6) is 0 Å².